The third-order valence-electron chi connectivity index (χ3n) is 5.39. The summed E-state index contributed by atoms with van der Waals surface area (Å²) in [7, 11) is 1.69. The number of aromatic nitrogens is 1. The summed E-state index contributed by atoms with van der Waals surface area (Å²) in [4.78, 5) is 26.1. The first-order valence-corrected chi connectivity index (χ1v) is 8.50. The molecule has 4 rings (SSSR count). The normalized spacial score (nSPS) is 25.1. The summed E-state index contributed by atoms with van der Waals surface area (Å²) < 4.78 is 1.61. The van der Waals surface area contributed by atoms with Gasteiger partial charge in [0.2, 0.25) is 5.43 Å². The standard InChI is InChI=1S/C18H18ClN3O3/c1-18(11-5-3-4-6-12(11)19)9-7-14-20(2)17(25)15-16(24)13(23)8-10-21(15)22(14)18/h3-6,8,10,14,24H,7,9H2,1-2H3. The molecule has 2 unspecified atom stereocenters. The van der Waals surface area contributed by atoms with E-state index in [-0.39, 0.29) is 17.8 Å². The first kappa shape index (κ1) is 16.0. The quantitative estimate of drug-likeness (QED) is 0.848. The Morgan fingerprint density at radius 3 is 2.68 bits per heavy atom. The maximum atomic E-state index is 12.7. The number of fused-ring (bicyclic) bond motifs is 3. The summed E-state index contributed by atoms with van der Waals surface area (Å²) in [5.41, 5.74) is -0.101. The van der Waals surface area contributed by atoms with Gasteiger partial charge in [-0.05, 0) is 31.4 Å². The highest BCUT2D eigenvalue weighted by molar-refractivity contribution is 6.31. The van der Waals surface area contributed by atoms with Crippen LogP contribution in [0.15, 0.2) is 41.3 Å². The summed E-state index contributed by atoms with van der Waals surface area (Å²) in [5.74, 6) is -0.883. The number of amides is 1. The Morgan fingerprint density at radius 2 is 1.96 bits per heavy atom. The van der Waals surface area contributed by atoms with Crippen molar-refractivity contribution in [2.24, 2.45) is 0 Å². The number of pyridine rings is 1. The smallest absolute Gasteiger partial charge is 0.277 e. The second kappa shape index (κ2) is 5.26. The Labute approximate surface area is 149 Å². The number of rotatable bonds is 1. The molecule has 2 aliphatic rings. The second-order valence-corrected chi connectivity index (χ2v) is 7.16. The van der Waals surface area contributed by atoms with Crippen LogP contribution in [0.5, 0.6) is 5.75 Å². The van der Waals surface area contributed by atoms with Gasteiger partial charge in [-0.2, -0.15) is 0 Å². The van der Waals surface area contributed by atoms with Crippen LogP contribution in [0.2, 0.25) is 5.02 Å². The highest BCUT2D eigenvalue weighted by Crippen LogP contribution is 2.46. The van der Waals surface area contributed by atoms with Crippen molar-refractivity contribution in [3.8, 4) is 5.75 Å². The Hall–Kier alpha value is -2.47. The first-order valence-electron chi connectivity index (χ1n) is 8.12. The summed E-state index contributed by atoms with van der Waals surface area (Å²) in [6.07, 6.45) is 2.92. The number of aromatic hydroxyl groups is 1. The molecule has 0 bridgehead atoms. The minimum absolute atomic E-state index is 0.00794. The van der Waals surface area contributed by atoms with E-state index in [4.69, 9.17) is 11.6 Å². The van der Waals surface area contributed by atoms with Gasteiger partial charge in [-0.1, -0.05) is 29.8 Å². The Balaban J connectivity index is 1.98. The molecule has 6 nitrogen and oxygen atoms in total. The molecule has 1 N–H and O–H groups in total. The molecular formula is C18H18ClN3O3. The summed E-state index contributed by atoms with van der Waals surface area (Å²) >= 11 is 6.46. The summed E-state index contributed by atoms with van der Waals surface area (Å²) in [6, 6.07) is 8.91. The largest absolute Gasteiger partial charge is 0.502 e. The molecule has 130 valence electrons. The van der Waals surface area contributed by atoms with E-state index in [0.29, 0.717) is 5.02 Å². The third-order valence-corrected chi connectivity index (χ3v) is 5.72. The maximum absolute atomic E-state index is 12.7. The number of hydrogen-bond acceptors (Lipinski definition) is 4. The predicted octanol–water partition coefficient (Wildman–Crippen LogP) is 2.27. The van der Waals surface area contributed by atoms with Crippen molar-refractivity contribution >= 4 is 17.5 Å². The molecular weight excluding hydrogens is 342 g/mol. The van der Waals surface area contributed by atoms with Crippen LogP contribution in [-0.4, -0.2) is 33.8 Å². The summed E-state index contributed by atoms with van der Waals surface area (Å²) in [6.45, 7) is 2.07. The average Bonchev–Trinajstić information content (AvgIpc) is 2.94. The van der Waals surface area contributed by atoms with Gasteiger partial charge in [-0.3, -0.25) is 19.3 Å². The van der Waals surface area contributed by atoms with E-state index in [1.165, 1.54) is 6.07 Å². The number of nitrogens with zero attached hydrogens (tertiary/aromatic N) is 3. The number of halogens is 1. The number of benzene rings is 1. The number of carbonyl (C=O) groups is 1. The molecule has 0 radical (unpaired) electrons. The molecule has 0 spiro atoms. The molecule has 2 atom stereocenters. The van der Waals surface area contributed by atoms with Gasteiger partial charge in [0.1, 0.15) is 6.17 Å². The molecule has 1 aromatic carbocycles. The minimum atomic E-state index is -0.565. The third kappa shape index (κ3) is 2.03. The predicted molar refractivity (Wildman–Crippen MR) is 94.5 cm³/mol. The topological polar surface area (TPSA) is 65.8 Å². The molecule has 1 saturated heterocycles. The van der Waals surface area contributed by atoms with E-state index in [1.807, 2.05) is 29.3 Å². The lowest BCUT2D eigenvalue weighted by Gasteiger charge is -2.48. The van der Waals surface area contributed by atoms with Crippen molar-refractivity contribution in [1.29, 1.82) is 0 Å². The van der Waals surface area contributed by atoms with Crippen molar-refractivity contribution in [2.45, 2.75) is 31.5 Å². The summed E-state index contributed by atoms with van der Waals surface area (Å²) in [5, 5.41) is 12.9. The van der Waals surface area contributed by atoms with Gasteiger partial charge < -0.3 is 10.0 Å². The zero-order valence-corrected chi connectivity index (χ0v) is 14.7. The average molecular weight is 360 g/mol. The zero-order chi connectivity index (χ0) is 17.9. The van der Waals surface area contributed by atoms with Crippen LogP contribution in [0, 0.1) is 0 Å². The van der Waals surface area contributed by atoms with Crippen LogP contribution >= 0.6 is 11.6 Å². The molecule has 1 amide bonds. The molecule has 1 aromatic heterocycles. The van der Waals surface area contributed by atoms with Crippen molar-refractivity contribution in [3.05, 3.63) is 63.0 Å². The van der Waals surface area contributed by atoms with Crippen molar-refractivity contribution in [3.63, 3.8) is 0 Å². The molecule has 2 aliphatic heterocycles. The second-order valence-electron chi connectivity index (χ2n) is 6.76. The van der Waals surface area contributed by atoms with E-state index in [1.54, 1.807) is 22.8 Å². The van der Waals surface area contributed by atoms with Gasteiger partial charge >= 0.3 is 0 Å². The fraction of sp³-hybridized carbons (Fsp3) is 0.333. The van der Waals surface area contributed by atoms with E-state index in [0.717, 1.165) is 18.4 Å². The van der Waals surface area contributed by atoms with Crippen LogP contribution in [-0.2, 0) is 5.54 Å². The van der Waals surface area contributed by atoms with Gasteiger partial charge in [0.25, 0.3) is 5.91 Å². The van der Waals surface area contributed by atoms with E-state index in [2.05, 4.69) is 6.92 Å². The molecule has 3 heterocycles. The van der Waals surface area contributed by atoms with Gasteiger partial charge in [-0.25, -0.2) is 0 Å². The SMILES string of the molecule is CN1C(=O)c2c(O)c(=O)ccn2N2C1CCC2(C)c1ccccc1Cl. The van der Waals surface area contributed by atoms with Crippen LogP contribution in [0.3, 0.4) is 0 Å². The van der Waals surface area contributed by atoms with Gasteiger partial charge in [0, 0.05) is 24.3 Å². The minimum Gasteiger partial charge on any atom is -0.502 e. The molecule has 0 saturated carbocycles. The monoisotopic (exact) mass is 359 g/mol. The number of carbonyl (C=O) groups excluding carboxylic acids is 1. The van der Waals surface area contributed by atoms with E-state index in [9.17, 15) is 14.7 Å². The molecule has 1 fully saturated rings. The van der Waals surface area contributed by atoms with E-state index >= 15 is 0 Å². The van der Waals surface area contributed by atoms with Crippen LogP contribution in [0.25, 0.3) is 0 Å². The van der Waals surface area contributed by atoms with Crippen LogP contribution in [0.4, 0.5) is 0 Å². The first-order chi connectivity index (χ1) is 11.9. The highest BCUT2D eigenvalue weighted by atomic mass is 35.5. The Bertz CT molecular complexity index is 941. The fourth-order valence-corrected chi connectivity index (χ4v) is 4.41. The van der Waals surface area contributed by atoms with Crippen molar-refractivity contribution in [1.82, 2.24) is 9.58 Å². The maximum Gasteiger partial charge on any atom is 0.277 e. The molecule has 25 heavy (non-hydrogen) atoms. The lowest BCUT2D eigenvalue weighted by molar-refractivity contribution is 0.0635. The molecule has 0 aliphatic carbocycles. The van der Waals surface area contributed by atoms with E-state index < -0.39 is 16.7 Å². The van der Waals surface area contributed by atoms with Crippen molar-refractivity contribution in [2.75, 3.05) is 12.1 Å². The van der Waals surface area contributed by atoms with Gasteiger partial charge in [0.15, 0.2) is 11.4 Å². The zero-order valence-electron chi connectivity index (χ0n) is 13.9. The lowest BCUT2D eigenvalue weighted by Crippen LogP contribution is -2.62. The van der Waals surface area contributed by atoms with Crippen LogP contribution < -0.4 is 10.4 Å². The molecule has 2 aromatic rings. The Morgan fingerprint density at radius 1 is 1.24 bits per heavy atom. The van der Waals surface area contributed by atoms with Gasteiger partial charge in [0.05, 0.1) is 5.54 Å². The lowest BCUT2D eigenvalue weighted by atomic mass is 9.90. The fourth-order valence-electron chi connectivity index (χ4n) is 4.07. The van der Waals surface area contributed by atoms with Crippen LogP contribution in [0.1, 0.15) is 35.8 Å². The highest BCUT2D eigenvalue weighted by Gasteiger charge is 2.51. The Kier molecular flexibility index (Phi) is 3.37. The van der Waals surface area contributed by atoms with Gasteiger partial charge in [-0.15, -0.1) is 0 Å². The number of hydrogen-bond donors (Lipinski definition) is 1. The molecule has 7 heteroatoms. The van der Waals surface area contributed by atoms with Crippen molar-refractivity contribution < 1.29 is 9.90 Å².